The molecule has 132 valence electrons. The highest BCUT2D eigenvalue weighted by atomic mass is 35.5. The number of pyridine rings is 1. The molecule has 0 unspecified atom stereocenters. The number of halogens is 4. The standard InChI is InChI=1S/C17H15ClF3N3O/c18-16-13(4-1-7-22-16)23-15(25)10-24-8-2-3-11-9-12(17(19,20)21)5-6-14(11)24/h1,4-7,9H,2-3,8,10H2,(H,23,25). The Hall–Kier alpha value is -2.28. The van der Waals surface area contributed by atoms with Crippen LogP contribution in [-0.2, 0) is 17.4 Å². The van der Waals surface area contributed by atoms with Gasteiger partial charge >= 0.3 is 6.18 Å². The molecule has 1 aromatic heterocycles. The molecule has 0 saturated carbocycles. The lowest BCUT2D eigenvalue weighted by atomic mass is 9.99. The van der Waals surface area contributed by atoms with E-state index in [2.05, 4.69) is 10.3 Å². The number of nitrogens with zero attached hydrogens (tertiary/aromatic N) is 2. The van der Waals surface area contributed by atoms with Crippen LogP contribution in [0.2, 0.25) is 5.15 Å². The summed E-state index contributed by atoms with van der Waals surface area (Å²) in [6.07, 6.45) is -1.61. The zero-order valence-corrected chi connectivity index (χ0v) is 13.9. The summed E-state index contributed by atoms with van der Waals surface area (Å²) in [5, 5.41) is 2.85. The Morgan fingerprint density at radius 1 is 1.32 bits per heavy atom. The van der Waals surface area contributed by atoms with Crippen LogP contribution in [0.4, 0.5) is 24.5 Å². The van der Waals surface area contributed by atoms with Crippen LogP contribution < -0.4 is 10.2 Å². The molecule has 0 spiro atoms. The molecule has 1 amide bonds. The van der Waals surface area contributed by atoms with Gasteiger partial charge in [-0.1, -0.05) is 11.6 Å². The Morgan fingerprint density at radius 3 is 2.84 bits per heavy atom. The van der Waals surface area contributed by atoms with Gasteiger partial charge in [0.15, 0.2) is 5.15 Å². The maximum Gasteiger partial charge on any atom is 0.416 e. The second-order valence-corrected chi connectivity index (χ2v) is 6.11. The van der Waals surface area contributed by atoms with Gasteiger partial charge in [0.1, 0.15) is 0 Å². The summed E-state index contributed by atoms with van der Waals surface area (Å²) in [7, 11) is 0. The molecule has 3 rings (SSSR count). The Morgan fingerprint density at radius 2 is 2.12 bits per heavy atom. The van der Waals surface area contributed by atoms with Gasteiger partial charge in [-0.2, -0.15) is 13.2 Å². The van der Waals surface area contributed by atoms with E-state index in [1.165, 1.54) is 12.3 Å². The van der Waals surface area contributed by atoms with Crippen LogP contribution in [0.15, 0.2) is 36.5 Å². The molecule has 0 atom stereocenters. The third-order valence-electron chi connectivity index (χ3n) is 3.99. The van der Waals surface area contributed by atoms with Crippen LogP contribution in [0.1, 0.15) is 17.5 Å². The topological polar surface area (TPSA) is 45.2 Å². The summed E-state index contributed by atoms with van der Waals surface area (Å²) in [5.41, 5.74) is 0.999. The SMILES string of the molecule is O=C(CN1CCCc2cc(C(F)(F)F)ccc21)Nc1cccnc1Cl. The number of amides is 1. The van der Waals surface area contributed by atoms with Crippen LogP contribution in [-0.4, -0.2) is 24.0 Å². The highest BCUT2D eigenvalue weighted by molar-refractivity contribution is 6.32. The molecule has 1 aliphatic rings. The molecule has 1 N–H and O–H groups in total. The fraction of sp³-hybridized carbons (Fsp3) is 0.294. The number of alkyl halides is 3. The maximum atomic E-state index is 12.8. The lowest BCUT2D eigenvalue weighted by Crippen LogP contribution is -2.37. The van der Waals surface area contributed by atoms with E-state index in [-0.39, 0.29) is 17.6 Å². The first-order valence-corrected chi connectivity index (χ1v) is 8.08. The van der Waals surface area contributed by atoms with Crippen LogP contribution in [0.5, 0.6) is 0 Å². The molecule has 4 nitrogen and oxygen atoms in total. The second kappa shape index (κ2) is 6.92. The van der Waals surface area contributed by atoms with Gasteiger partial charge in [0, 0.05) is 18.4 Å². The Balaban J connectivity index is 1.75. The van der Waals surface area contributed by atoms with Gasteiger partial charge in [-0.05, 0) is 48.7 Å². The third kappa shape index (κ3) is 4.04. The van der Waals surface area contributed by atoms with Crippen molar-refractivity contribution in [1.82, 2.24) is 4.98 Å². The van der Waals surface area contributed by atoms with Crippen molar-refractivity contribution in [1.29, 1.82) is 0 Å². The van der Waals surface area contributed by atoms with E-state index >= 15 is 0 Å². The van der Waals surface area contributed by atoms with Gasteiger partial charge in [0.2, 0.25) is 5.91 Å². The second-order valence-electron chi connectivity index (χ2n) is 5.76. The van der Waals surface area contributed by atoms with Crippen molar-refractivity contribution < 1.29 is 18.0 Å². The van der Waals surface area contributed by atoms with Crippen molar-refractivity contribution in [3.63, 3.8) is 0 Å². The van der Waals surface area contributed by atoms with Gasteiger partial charge in [0.05, 0.1) is 17.8 Å². The Kier molecular flexibility index (Phi) is 4.85. The van der Waals surface area contributed by atoms with Crippen LogP contribution in [0.25, 0.3) is 0 Å². The number of rotatable bonds is 3. The number of carbonyl (C=O) groups excluding carboxylic acids is 1. The first-order valence-electron chi connectivity index (χ1n) is 7.70. The van der Waals surface area contributed by atoms with E-state index in [0.29, 0.717) is 36.3 Å². The van der Waals surface area contributed by atoms with Crippen LogP contribution in [0, 0.1) is 0 Å². The molecule has 1 aromatic carbocycles. The van der Waals surface area contributed by atoms with Gasteiger partial charge in [-0.3, -0.25) is 4.79 Å². The van der Waals surface area contributed by atoms with Crippen LogP contribution in [0.3, 0.4) is 0 Å². The van der Waals surface area contributed by atoms with Crippen molar-refractivity contribution in [2.24, 2.45) is 0 Å². The number of anilines is 2. The predicted molar refractivity (Wildman–Crippen MR) is 89.9 cm³/mol. The van der Waals surface area contributed by atoms with Crippen molar-refractivity contribution in [2.45, 2.75) is 19.0 Å². The maximum absolute atomic E-state index is 12.8. The summed E-state index contributed by atoms with van der Waals surface area (Å²) in [5.74, 6) is -0.303. The van der Waals surface area contributed by atoms with E-state index in [9.17, 15) is 18.0 Å². The average Bonchev–Trinajstić information content (AvgIpc) is 2.56. The molecule has 8 heteroatoms. The van der Waals surface area contributed by atoms with Crippen molar-refractivity contribution in [3.8, 4) is 0 Å². The van der Waals surface area contributed by atoms with Crippen molar-refractivity contribution >= 4 is 28.9 Å². The summed E-state index contributed by atoms with van der Waals surface area (Å²) in [6, 6.07) is 6.93. The Bertz CT molecular complexity index is 795. The number of fused-ring (bicyclic) bond motifs is 1. The van der Waals surface area contributed by atoms with Gasteiger partial charge in [-0.15, -0.1) is 0 Å². The smallest absolute Gasteiger partial charge is 0.362 e. The normalized spacial score (nSPS) is 14.2. The molecule has 0 radical (unpaired) electrons. The average molecular weight is 370 g/mol. The number of hydrogen-bond acceptors (Lipinski definition) is 3. The van der Waals surface area contributed by atoms with Crippen molar-refractivity contribution in [3.05, 3.63) is 52.8 Å². The minimum absolute atomic E-state index is 0.0313. The van der Waals surface area contributed by atoms with Gasteiger partial charge in [-0.25, -0.2) is 4.98 Å². The molecule has 0 aliphatic carbocycles. The van der Waals surface area contributed by atoms with Crippen molar-refractivity contribution in [2.75, 3.05) is 23.3 Å². The molecule has 2 aromatic rings. The van der Waals surface area contributed by atoms with E-state index in [1.807, 2.05) is 0 Å². The first-order chi connectivity index (χ1) is 11.8. The number of hydrogen-bond donors (Lipinski definition) is 1. The van der Waals surface area contributed by atoms with Gasteiger partial charge < -0.3 is 10.2 Å². The summed E-state index contributed by atoms with van der Waals surface area (Å²) in [4.78, 5) is 17.9. The minimum Gasteiger partial charge on any atom is -0.362 e. The lowest BCUT2D eigenvalue weighted by molar-refractivity contribution is -0.137. The fourth-order valence-electron chi connectivity index (χ4n) is 2.86. The van der Waals surface area contributed by atoms with Crippen LogP contribution >= 0.6 is 11.6 Å². The Labute approximate surface area is 147 Å². The van der Waals surface area contributed by atoms with E-state index in [1.54, 1.807) is 17.0 Å². The molecular formula is C17H15ClF3N3O. The van der Waals surface area contributed by atoms with Gasteiger partial charge in [0.25, 0.3) is 0 Å². The molecule has 25 heavy (non-hydrogen) atoms. The first kappa shape index (κ1) is 17.5. The van der Waals surface area contributed by atoms with E-state index < -0.39 is 11.7 Å². The molecular weight excluding hydrogens is 355 g/mol. The zero-order chi connectivity index (χ0) is 18.0. The lowest BCUT2D eigenvalue weighted by Gasteiger charge is -2.31. The molecule has 0 saturated heterocycles. The number of benzene rings is 1. The number of carbonyl (C=O) groups is 1. The predicted octanol–water partition coefficient (Wildman–Crippen LogP) is 4.15. The number of nitrogens with one attached hydrogen (secondary N) is 1. The molecule has 0 bridgehead atoms. The summed E-state index contributed by atoms with van der Waals surface area (Å²) < 4.78 is 38.5. The number of aromatic nitrogens is 1. The molecule has 0 fully saturated rings. The van der Waals surface area contributed by atoms with E-state index in [4.69, 9.17) is 11.6 Å². The monoisotopic (exact) mass is 369 g/mol. The third-order valence-corrected chi connectivity index (χ3v) is 4.29. The number of aryl methyl sites for hydroxylation is 1. The highest BCUT2D eigenvalue weighted by Gasteiger charge is 2.32. The minimum atomic E-state index is -4.37. The zero-order valence-electron chi connectivity index (χ0n) is 13.1. The molecule has 1 aliphatic heterocycles. The fourth-order valence-corrected chi connectivity index (χ4v) is 3.02. The quantitative estimate of drug-likeness (QED) is 0.827. The largest absolute Gasteiger partial charge is 0.416 e. The summed E-state index contributed by atoms with van der Waals surface area (Å²) >= 11 is 5.91. The highest BCUT2D eigenvalue weighted by Crippen LogP contribution is 2.35. The summed E-state index contributed by atoms with van der Waals surface area (Å²) in [6.45, 7) is 0.635. The van der Waals surface area contributed by atoms with E-state index in [0.717, 1.165) is 12.1 Å². The molecule has 2 heterocycles.